The van der Waals surface area contributed by atoms with Crippen LogP contribution in [0.1, 0.15) is 23.7 Å². The summed E-state index contributed by atoms with van der Waals surface area (Å²) in [4.78, 5) is 13.9. The zero-order valence-corrected chi connectivity index (χ0v) is 11.5. The van der Waals surface area contributed by atoms with E-state index in [0.29, 0.717) is 6.07 Å². The number of nitrogens with zero attached hydrogens (tertiary/aromatic N) is 2. The molecule has 0 aliphatic heterocycles. The van der Waals surface area contributed by atoms with Gasteiger partial charge in [-0.25, -0.2) is 0 Å². The monoisotopic (exact) mass is 305 g/mol. The van der Waals surface area contributed by atoms with Crippen molar-refractivity contribution in [2.45, 2.75) is 13.1 Å². The second-order valence-corrected chi connectivity index (χ2v) is 4.07. The summed E-state index contributed by atoms with van der Waals surface area (Å²) in [6.45, 7) is 4.94. The zero-order valence-electron chi connectivity index (χ0n) is 11.5. The maximum atomic E-state index is 13.0. The molecule has 0 bridgehead atoms. The van der Waals surface area contributed by atoms with Gasteiger partial charge in [-0.15, -0.1) is 0 Å². The number of nitriles is 2. The molecule has 1 N–H and O–H groups in total. The molecule has 0 radical (unpaired) electrons. The van der Waals surface area contributed by atoms with Gasteiger partial charge in [-0.1, -0.05) is 18.7 Å². The number of hydrogen-bond acceptors (Lipinski definition) is 3. The Labute approximate surface area is 124 Å². The van der Waals surface area contributed by atoms with Crippen molar-refractivity contribution in [2.24, 2.45) is 0 Å². The van der Waals surface area contributed by atoms with Crippen molar-refractivity contribution in [3.63, 3.8) is 0 Å². The van der Waals surface area contributed by atoms with Gasteiger partial charge in [0.15, 0.2) is 0 Å². The smallest absolute Gasteiger partial charge is 0.321 e. The molecule has 0 fully saturated rings. The molecule has 1 rings (SSSR count). The fourth-order valence-corrected chi connectivity index (χ4v) is 1.67. The van der Waals surface area contributed by atoms with E-state index in [4.69, 9.17) is 10.5 Å². The van der Waals surface area contributed by atoms with E-state index < -0.39 is 22.9 Å². The van der Waals surface area contributed by atoms with Crippen LogP contribution in [0.4, 0.5) is 13.2 Å². The van der Waals surface area contributed by atoms with Crippen LogP contribution in [0.3, 0.4) is 0 Å². The zero-order chi connectivity index (χ0) is 16.9. The number of alkyl halides is 3. The first-order valence-corrected chi connectivity index (χ1v) is 5.94. The standard InChI is InChI=1S/C15H10F3N3O/c1-3-9(7-19)5-10(4-2)13-6-12(15(16,17)18)11(8-20)14(22)21-13/h3-6H,1H2,2H3,(H,21,22)/b9-5+,10-4+. The quantitative estimate of drug-likeness (QED) is 0.687. The number of pyridine rings is 1. The first-order valence-electron chi connectivity index (χ1n) is 5.94. The van der Waals surface area contributed by atoms with Crippen molar-refractivity contribution in [1.82, 2.24) is 4.98 Å². The van der Waals surface area contributed by atoms with Gasteiger partial charge in [-0.3, -0.25) is 4.79 Å². The van der Waals surface area contributed by atoms with Gasteiger partial charge >= 0.3 is 6.18 Å². The van der Waals surface area contributed by atoms with Crippen LogP contribution < -0.4 is 5.56 Å². The first kappa shape index (κ1) is 17.0. The van der Waals surface area contributed by atoms with Crippen LogP contribution in [0, 0.1) is 22.7 Å². The van der Waals surface area contributed by atoms with E-state index in [-0.39, 0.29) is 16.8 Å². The summed E-state index contributed by atoms with van der Waals surface area (Å²) in [6.07, 6.45) is -0.897. The molecular weight excluding hydrogens is 295 g/mol. The second kappa shape index (κ2) is 6.59. The van der Waals surface area contributed by atoms with Crippen LogP contribution in [0.5, 0.6) is 0 Å². The number of halogens is 3. The van der Waals surface area contributed by atoms with Crippen LogP contribution in [-0.4, -0.2) is 4.98 Å². The lowest BCUT2D eigenvalue weighted by atomic mass is 10.0. The Morgan fingerprint density at radius 3 is 2.45 bits per heavy atom. The summed E-state index contributed by atoms with van der Waals surface area (Å²) in [5.41, 5.74) is -3.29. The van der Waals surface area contributed by atoms with Crippen LogP contribution in [0.15, 0.2) is 41.2 Å². The number of H-pyrrole nitrogens is 1. The van der Waals surface area contributed by atoms with Crippen LogP contribution >= 0.6 is 0 Å². The number of rotatable bonds is 3. The lowest BCUT2D eigenvalue weighted by Crippen LogP contribution is -2.20. The van der Waals surface area contributed by atoms with E-state index in [1.54, 1.807) is 6.07 Å². The van der Waals surface area contributed by atoms with Gasteiger partial charge in [0.1, 0.15) is 11.6 Å². The summed E-state index contributed by atoms with van der Waals surface area (Å²) in [6, 6.07) is 3.72. The molecule has 0 aliphatic carbocycles. The molecule has 4 nitrogen and oxygen atoms in total. The van der Waals surface area contributed by atoms with Crippen LogP contribution in [0.25, 0.3) is 5.57 Å². The van der Waals surface area contributed by atoms with Crippen molar-refractivity contribution in [1.29, 1.82) is 10.5 Å². The third-order valence-electron chi connectivity index (χ3n) is 2.73. The molecular formula is C15H10F3N3O. The maximum Gasteiger partial charge on any atom is 0.417 e. The highest BCUT2D eigenvalue weighted by atomic mass is 19.4. The molecule has 0 spiro atoms. The third-order valence-corrected chi connectivity index (χ3v) is 2.73. The third kappa shape index (κ3) is 3.53. The molecule has 1 aromatic rings. The Balaban J connectivity index is 3.65. The van der Waals surface area contributed by atoms with E-state index in [9.17, 15) is 18.0 Å². The SMILES string of the molecule is C=C/C(C#N)=C\C(=C/C)c1cc(C(F)(F)F)c(C#N)c(=O)[nH]1. The summed E-state index contributed by atoms with van der Waals surface area (Å²) in [5, 5.41) is 17.5. The molecule has 22 heavy (non-hydrogen) atoms. The Kier molecular flexibility index (Phi) is 5.09. The lowest BCUT2D eigenvalue weighted by Gasteiger charge is -2.11. The molecule has 0 atom stereocenters. The Morgan fingerprint density at radius 2 is 2.05 bits per heavy atom. The lowest BCUT2D eigenvalue weighted by molar-refractivity contribution is -0.137. The van der Waals surface area contributed by atoms with Crippen molar-refractivity contribution < 1.29 is 13.2 Å². The van der Waals surface area contributed by atoms with Crippen LogP contribution in [0.2, 0.25) is 0 Å². The summed E-state index contributed by atoms with van der Waals surface area (Å²) in [7, 11) is 0. The highest BCUT2D eigenvalue weighted by Crippen LogP contribution is 2.32. The topological polar surface area (TPSA) is 80.4 Å². The molecule has 0 amide bonds. The van der Waals surface area contributed by atoms with Gasteiger partial charge in [0.25, 0.3) is 5.56 Å². The number of nitrogens with one attached hydrogen (secondary N) is 1. The molecule has 0 saturated heterocycles. The normalized spacial score (nSPS) is 12.5. The minimum atomic E-state index is -4.84. The van der Waals surface area contributed by atoms with Crippen molar-refractivity contribution in [2.75, 3.05) is 0 Å². The number of aromatic nitrogens is 1. The molecule has 1 aromatic heterocycles. The second-order valence-electron chi connectivity index (χ2n) is 4.07. The molecule has 7 heteroatoms. The summed E-state index contributed by atoms with van der Waals surface area (Å²) >= 11 is 0. The molecule has 0 unspecified atom stereocenters. The maximum absolute atomic E-state index is 13.0. The molecule has 0 aromatic carbocycles. The number of aromatic amines is 1. The van der Waals surface area contributed by atoms with Crippen molar-refractivity contribution >= 4 is 5.57 Å². The van der Waals surface area contributed by atoms with E-state index in [2.05, 4.69) is 11.6 Å². The molecule has 0 aliphatic rings. The van der Waals surface area contributed by atoms with E-state index in [1.165, 1.54) is 31.2 Å². The largest absolute Gasteiger partial charge is 0.417 e. The van der Waals surface area contributed by atoms with E-state index in [1.807, 2.05) is 0 Å². The average Bonchev–Trinajstić information content (AvgIpc) is 2.47. The Hall–Kier alpha value is -3.06. The van der Waals surface area contributed by atoms with E-state index in [0.717, 1.165) is 0 Å². The highest BCUT2D eigenvalue weighted by molar-refractivity contribution is 5.74. The minimum absolute atomic E-state index is 0.117. The minimum Gasteiger partial charge on any atom is -0.321 e. The molecule has 0 saturated carbocycles. The summed E-state index contributed by atoms with van der Waals surface area (Å²) in [5.74, 6) is 0. The predicted molar refractivity (Wildman–Crippen MR) is 74.3 cm³/mol. The average molecular weight is 305 g/mol. The number of hydrogen-bond donors (Lipinski definition) is 1. The fourth-order valence-electron chi connectivity index (χ4n) is 1.67. The van der Waals surface area contributed by atoms with Gasteiger partial charge in [0, 0.05) is 5.69 Å². The molecule has 1 heterocycles. The number of allylic oxidation sites excluding steroid dienone is 5. The van der Waals surface area contributed by atoms with Gasteiger partial charge in [0.05, 0.1) is 17.2 Å². The van der Waals surface area contributed by atoms with Gasteiger partial charge in [0.2, 0.25) is 0 Å². The molecule has 112 valence electrons. The fraction of sp³-hybridized carbons (Fsp3) is 0.133. The van der Waals surface area contributed by atoms with Gasteiger partial charge < -0.3 is 4.98 Å². The first-order chi connectivity index (χ1) is 10.3. The van der Waals surface area contributed by atoms with Crippen LogP contribution in [-0.2, 0) is 6.18 Å². The van der Waals surface area contributed by atoms with Crippen molar-refractivity contribution in [3.05, 3.63) is 63.6 Å². The Bertz CT molecular complexity index is 799. The van der Waals surface area contributed by atoms with Gasteiger partial charge in [-0.05, 0) is 24.6 Å². The highest BCUT2D eigenvalue weighted by Gasteiger charge is 2.35. The van der Waals surface area contributed by atoms with Gasteiger partial charge in [-0.2, -0.15) is 23.7 Å². The Morgan fingerprint density at radius 1 is 1.41 bits per heavy atom. The van der Waals surface area contributed by atoms with E-state index >= 15 is 0 Å². The predicted octanol–water partition coefficient (Wildman–Crippen LogP) is 3.30. The summed E-state index contributed by atoms with van der Waals surface area (Å²) < 4.78 is 38.9. The van der Waals surface area contributed by atoms with Crippen molar-refractivity contribution in [3.8, 4) is 12.1 Å².